The summed E-state index contributed by atoms with van der Waals surface area (Å²) in [5.41, 5.74) is 0.753. The lowest BCUT2D eigenvalue weighted by Crippen LogP contribution is -2.10. The average molecular weight is 290 g/mol. The average Bonchev–Trinajstić information content (AvgIpc) is 2.88. The molecule has 0 saturated carbocycles. The van der Waals surface area contributed by atoms with Gasteiger partial charge in [0.25, 0.3) is 5.56 Å². The smallest absolute Gasteiger partial charge is 0.260 e. The van der Waals surface area contributed by atoms with Gasteiger partial charge in [0.05, 0.1) is 15.9 Å². The van der Waals surface area contributed by atoms with Crippen LogP contribution < -0.4 is 5.56 Å². The Bertz CT molecular complexity index is 836. The van der Waals surface area contributed by atoms with Crippen LogP contribution in [0.4, 0.5) is 0 Å². The molecule has 102 valence electrons. The second-order valence-electron chi connectivity index (χ2n) is 4.82. The van der Waals surface area contributed by atoms with E-state index in [1.807, 2.05) is 13.8 Å². The highest BCUT2D eigenvalue weighted by atomic mass is 35.5. The van der Waals surface area contributed by atoms with Gasteiger partial charge in [-0.25, -0.2) is 4.98 Å². The molecule has 5 nitrogen and oxygen atoms in total. The molecule has 3 rings (SSSR count). The largest absolute Gasteiger partial charge is 0.360 e. The zero-order valence-corrected chi connectivity index (χ0v) is 11.7. The van der Waals surface area contributed by atoms with Gasteiger partial charge in [-0.1, -0.05) is 36.7 Å². The van der Waals surface area contributed by atoms with Gasteiger partial charge in [-0.2, -0.15) is 0 Å². The number of benzene rings is 1. The Morgan fingerprint density at radius 1 is 1.35 bits per heavy atom. The lowest BCUT2D eigenvalue weighted by Gasteiger charge is -2.01. The summed E-state index contributed by atoms with van der Waals surface area (Å²) in [7, 11) is 0. The Morgan fingerprint density at radius 3 is 2.85 bits per heavy atom. The third-order valence-electron chi connectivity index (χ3n) is 3.02. The maximum Gasteiger partial charge on any atom is 0.260 e. The summed E-state index contributed by atoms with van der Waals surface area (Å²) in [5, 5.41) is 4.70. The number of fused-ring (bicyclic) bond motifs is 1. The standard InChI is InChI=1S/C14H12ClN3O2/c1-7(2)11-6-10(18-20-11)13-16-9-5-3-4-8(15)12(9)14(19)17-13/h3-7H,1-2H3,(H,16,17,19). The number of hydrogen-bond donors (Lipinski definition) is 1. The molecule has 3 aromatic rings. The molecule has 2 heterocycles. The van der Waals surface area contributed by atoms with Crippen LogP contribution in [0.5, 0.6) is 0 Å². The lowest BCUT2D eigenvalue weighted by atomic mass is 10.1. The molecule has 0 aliphatic heterocycles. The summed E-state index contributed by atoms with van der Waals surface area (Å²) < 4.78 is 5.22. The number of aromatic nitrogens is 3. The summed E-state index contributed by atoms with van der Waals surface area (Å²) in [6.45, 7) is 4.00. The first-order valence-electron chi connectivity index (χ1n) is 6.22. The van der Waals surface area contributed by atoms with Gasteiger partial charge < -0.3 is 9.51 Å². The molecule has 0 spiro atoms. The molecular formula is C14H12ClN3O2. The van der Waals surface area contributed by atoms with Crippen molar-refractivity contribution >= 4 is 22.5 Å². The fraction of sp³-hybridized carbons (Fsp3) is 0.214. The van der Waals surface area contributed by atoms with Crippen molar-refractivity contribution < 1.29 is 4.52 Å². The minimum absolute atomic E-state index is 0.220. The van der Waals surface area contributed by atoms with Crippen LogP contribution in [0.15, 0.2) is 33.6 Å². The van der Waals surface area contributed by atoms with Crippen molar-refractivity contribution in [2.45, 2.75) is 19.8 Å². The third kappa shape index (κ3) is 2.10. The Kier molecular flexibility index (Phi) is 3.06. The van der Waals surface area contributed by atoms with Crippen LogP contribution in [0.2, 0.25) is 5.02 Å². The van der Waals surface area contributed by atoms with E-state index in [0.29, 0.717) is 27.4 Å². The summed E-state index contributed by atoms with van der Waals surface area (Å²) in [6.07, 6.45) is 0. The van der Waals surface area contributed by atoms with Crippen LogP contribution >= 0.6 is 11.6 Å². The van der Waals surface area contributed by atoms with Gasteiger partial charge in [0.15, 0.2) is 5.82 Å². The van der Waals surface area contributed by atoms with Gasteiger partial charge >= 0.3 is 0 Å². The van der Waals surface area contributed by atoms with Crippen LogP contribution in [-0.4, -0.2) is 15.1 Å². The van der Waals surface area contributed by atoms with E-state index in [-0.39, 0.29) is 11.5 Å². The quantitative estimate of drug-likeness (QED) is 0.785. The number of H-pyrrole nitrogens is 1. The van der Waals surface area contributed by atoms with E-state index >= 15 is 0 Å². The third-order valence-corrected chi connectivity index (χ3v) is 3.34. The molecule has 0 aliphatic rings. The normalized spacial score (nSPS) is 11.4. The van der Waals surface area contributed by atoms with Crippen LogP contribution in [0.1, 0.15) is 25.5 Å². The Hall–Kier alpha value is -2.14. The van der Waals surface area contributed by atoms with Crippen LogP contribution in [0.3, 0.4) is 0 Å². The molecule has 0 fully saturated rings. The van der Waals surface area contributed by atoms with Crippen molar-refractivity contribution in [3.8, 4) is 11.5 Å². The molecule has 20 heavy (non-hydrogen) atoms. The van der Waals surface area contributed by atoms with Gasteiger partial charge in [-0.15, -0.1) is 0 Å². The SMILES string of the molecule is CC(C)c1cc(-c2nc3cccc(Cl)c3c(=O)[nH]2)no1. The Labute approximate surface area is 119 Å². The predicted molar refractivity (Wildman–Crippen MR) is 77.0 cm³/mol. The van der Waals surface area contributed by atoms with Crippen LogP contribution in [0.25, 0.3) is 22.4 Å². The lowest BCUT2D eigenvalue weighted by molar-refractivity contribution is 0.372. The van der Waals surface area contributed by atoms with Gasteiger partial charge in [0.1, 0.15) is 11.5 Å². The fourth-order valence-corrected chi connectivity index (χ4v) is 2.20. The van der Waals surface area contributed by atoms with E-state index in [9.17, 15) is 4.79 Å². The number of halogens is 1. The molecular weight excluding hydrogens is 278 g/mol. The summed E-state index contributed by atoms with van der Waals surface area (Å²) in [4.78, 5) is 19.2. The van der Waals surface area contributed by atoms with Gasteiger partial charge in [0, 0.05) is 12.0 Å². The molecule has 1 N–H and O–H groups in total. The predicted octanol–water partition coefficient (Wildman–Crippen LogP) is 3.35. The zero-order chi connectivity index (χ0) is 14.3. The maximum absolute atomic E-state index is 12.1. The van der Waals surface area contributed by atoms with E-state index in [1.165, 1.54) is 0 Å². The van der Waals surface area contributed by atoms with Crippen molar-refractivity contribution in [1.29, 1.82) is 0 Å². The van der Waals surface area contributed by atoms with E-state index in [2.05, 4.69) is 15.1 Å². The number of aromatic amines is 1. The van der Waals surface area contributed by atoms with Crippen LogP contribution in [-0.2, 0) is 0 Å². The fourth-order valence-electron chi connectivity index (χ4n) is 1.94. The van der Waals surface area contributed by atoms with Gasteiger partial charge in [-0.05, 0) is 12.1 Å². The van der Waals surface area contributed by atoms with Gasteiger partial charge in [-0.3, -0.25) is 4.79 Å². The zero-order valence-electron chi connectivity index (χ0n) is 11.0. The number of hydrogen-bond acceptors (Lipinski definition) is 4. The molecule has 0 radical (unpaired) electrons. The van der Waals surface area contributed by atoms with E-state index in [0.717, 1.165) is 5.76 Å². The van der Waals surface area contributed by atoms with Crippen molar-refractivity contribution in [3.63, 3.8) is 0 Å². The highest BCUT2D eigenvalue weighted by Gasteiger charge is 2.13. The highest BCUT2D eigenvalue weighted by molar-refractivity contribution is 6.35. The van der Waals surface area contributed by atoms with Crippen molar-refractivity contribution in [3.05, 3.63) is 45.4 Å². The topological polar surface area (TPSA) is 71.8 Å². The molecule has 0 bridgehead atoms. The molecule has 0 saturated heterocycles. The second-order valence-corrected chi connectivity index (χ2v) is 5.22. The first kappa shape index (κ1) is 12.9. The monoisotopic (exact) mass is 289 g/mol. The first-order valence-corrected chi connectivity index (χ1v) is 6.59. The van der Waals surface area contributed by atoms with E-state index in [1.54, 1.807) is 24.3 Å². The van der Waals surface area contributed by atoms with Crippen LogP contribution in [0, 0.1) is 0 Å². The van der Waals surface area contributed by atoms with E-state index < -0.39 is 0 Å². The Morgan fingerprint density at radius 2 is 2.15 bits per heavy atom. The van der Waals surface area contributed by atoms with Crippen molar-refractivity contribution in [2.75, 3.05) is 0 Å². The molecule has 0 aliphatic carbocycles. The maximum atomic E-state index is 12.1. The summed E-state index contributed by atoms with van der Waals surface area (Å²) >= 11 is 6.01. The minimum Gasteiger partial charge on any atom is -0.360 e. The van der Waals surface area contributed by atoms with E-state index in [4.69, 9.17) is 16.1 Å². The molecule has 0 amide bonds. The van der Waals surface area contributed by atoms with Crippen molar-refractivity contribution in [2.24, 2.45) is 0 Å². The molecule has 2 aromatic heterocycles. The summed E-state index contributed by atoms with van der Waals surface area (Å²) in [6, 6.07) is 6.93. The second kappa shape index (κ2) is 4.76. The van der Waals surface area contributed by atoms with Gasteiger partial charge in [0.2, 0.25) is 0 Å². The molecule has 1 aromatic carbocycles. The Balaban J connectivity index is 2.20. The number of nitrogens with zero attached hydrogens (tertiary/aromatic N) is 2. The minimum atomic E-state index is -0.287. The van der Waals surface area contributed by atoms with Crippen molar-refractivity contribution in [1.82, 2.24) is 15.1 Å². The number of nitrogens with one attached hydrogen (secondary N) is 1. The highest BCUT2D eigenvalue weighted by Crippen LogP contribution is 2.23. The first-order chi connectivity index (χ1) is 9.56. The summed E-state index contributed by atoms with van der Waals surface area (Å²) in [5.74, 6) is 1.34. The molecule has 0 unspecified atom stereocenters. The molecule has 0 atom stereocenters. The molecule has 6 heteroatoms. The number of rotatable bonds is 2.